The van der Waals surface area contributed by atoms with E-state index in [0.717, 1.165) is 34.4 Å². The number of thioether (sulfide) groups is 1. The van der Waals surface area contributed by atoms with Gasteiger partial charge in [-0.15, -0.1) is 10.2 Å². The lowest BCUT2D eigenvalue weighted by Crippen LogP contribution is -2.15. The molecule has 0 radical (unpaired) electrons. The third kappa shape index (κ3) is 4.14. The zero-order chi connectivity index (χ0) is 18.6. The molecule has 2 heterocycles. The summed E-state index contributed by atoms with van der Waals surface area (Å²) >= 11 is 1.39. The largest absolute Gasteiger partial charge is 0.493 e. The van der Waals surface area contributed by atoms with E-state index in [2.05, 4.69) is 27.6 Å². The summed E-state index contributed by atoms with van der Waals surface area (Å²) in [5, 5.41) is 12.1. The molecule has 0 unspecified atom stereocenters. The molecule has 0 saturated heterocycles. The second kappa shape index (κ2) is 7.84. The van der Waals surface area contributed by atoms with Crippen LogP contribution >= 0.6 is 11.8 Å². The molecule has 6 nitrogen and oxygen atoms in total. The molecule has 0 saturated carbocycles. The van der Waals surface area contributed by atoms with Crippen molar-refractivity contribution in [1.29, 1.82) is 0 Å². The number of aryl methyl sites for hydroxylation is 1. The molecule has 1 amide bonds. The first-order valence-corrected chi connectivity index (χ1v) is 9.80. The highest BCUT2D eigenvalue weighted by atomic mass is 32.2. The number of ether oxygens (including phenoxy) is 1. The lowest BCUT2D eigenvalue weighted by Gasteiger charge is -2.09. The highest BCUT2D eigenvalue weighted by Crippen LogP contribution is 2.28. The maximum Gasteiger partial charge on any atom is 0.234 e. The molecule has 2 aromatic carbocycles. The molecule has 7 heteroatoms. The van der Waals surface area contributed by atoms with Crippen LogP contribution in [0.2, 0.25) is 0 Å². The van der Waals surface area contributed by atoms with Gasteiger partial charge in [0.2, 0.25) is 5.91 Å². The van der Waals surface area contributed by atoms with E-state index in [4.69, 9.17) is 4.74 Å². The van der Waals surface area contributed by atoms with E-state index in [1.54, 1.807) is 0 Å². The molecular weight excluding hydrogens is 360 g/mol. The zero-order valence-electron chi connectivity index (χ0n) is 15.0. The van der Waals surface area contributed by atoms with Gasteiger partial charge in [0.1, 0.15) is 11.6 Å². The third-order valence-electron chi connectivity index (χ3n) is 4.39. The first kappa shape index (κ1) is 17.6. The van der Waals surface area contributed by atoms with Crippen LogP contribution in [0.25, 0.3) is 0 Å². The van der Waals surface area contributed by atoms with Crippen LogP contribution in [-0.4, -0.2) is 33.0 Å². The fraction of sp³-hybridized carbons (Fsp3) is 0.250. The Morgan fingerprint density at radius 3 is 2.93 bits per heavy atom. The number of nitrogens with one attached hydrogen (secondary N) is 1. The van der Waals surface area contributed by atoms with Crippen molar-refractivity contribution in [2.45, 2.75) is 25.0 Å². The number of carbonyl (C=O) groups is 1. The Hall–Kier alpha value is -2.80. The van der Waals surface area contributed by atoms with Crippen LogP contribution in [-0.2, 0) is 17.8 Å². The molecule has 0 fully saturated rings. The quantitative estimate of drug-likeness (QED) is 0.665. The monoisotopic (exact) mass is 380 g/mol. The van der Waals surface area contributed by atoms with Gasteiger partial charge in [0, 0.05) is 12.1 Å². The molecule has 1 aliphatic heterocycles. The first-order valence-electron chi connectivity index (χ1n) is 8.81. The van der Waals surface area contributed by atoms with Crippen LogP contribution in [0.1, 0.15) is 17.0 Å². The van der Waals surface area contributed by atoms with E-state index in [0.29, 0.717) is 13.2 Å². The summed E-state index contributed by atoms with van der Waals surface area (Å²) in [6.07, 6.45) is 0.885. The summed E-state index contributed by atoms with van der Waals surface area (Å²) in [6, 6.07) is 15.9. The third-order valence-corrected chi connectivity index (χ3v) is 5.36. The van der Waals surface area contributed by atoms with E-state index < -0.39 is 0 Å². The fourth-order valence-electron chi connectivity index (χ4n) is 3.01. The Morgan fingerprint density at radius 2 is 2.07 bits per heavy atom. The van der Waals surface area contributed by atoms with Gasteiger partial charge in [0.05, 0.1) is 18.9 Å². The number of fused-ring (bicyclic) bond motifs is 1. The Morgan fingerprint density at radius 1 is 1.22 bits per heavy atom. The number of carbonyl (C=O) groups excluding carboxylic acids is 1. The van der Waals surface area contributed by atoms with Crippen molar-refractivity contribution in [3.63, 3.8) is 0 Å². The minimum absolute atomic E-state index is 0.0641. The maximum absolute atomic E-state index is 12.3. The standard InChI is InChI=1S/C20H20N4O2S/c1-14-22-23-20(24(14)12-15-5-3-2-4-6-15)27-13-19(25)21-17-7-8-18-16(11-17)9-10-26-18/h2-8,11H,9-10,12-13H2,1H3,(H,21,25). The molecule has 1 aliphatic rings. The lowest BCUT2D eigenvalue weighted by atomic mass is 10.1. The summed E-state index contributed by atoms with van der Waals surface area (Å²) in [6.45, 7) is 3.32. The smallest absolute Gasteiger partial charge is 0.234 e. The van der Waals surface area contributed by atoms with Crippen molar-refractivity contribution in [2.24, 2.45) is 0 Å². The van der Waals surface area contributed by atoms with Gasteiger partial charge in [0.25, 0.3) is 0 Å². The number of amides is 1. The van der Waals surface area contributed by atoms with Crippen LogP contribution in [0.4, 0.5) is 5.69 Å². The number of anilines is 1. The number of aromatic nitrogens is 3. The van der Waals surface area contributed by atoms with Crippen LogP contribution < -0.4 is 10.1 Å². The van der Waals surface area contributed by atoms with Gasteiger partial charge in [0.15, 0.2) is 5.16 Å². The average molecular weight is 380 g/mol. The van der Waals surface area contributed by atoms with Crippen molar-refractivity contribution >= 4 is 23.4 Å². The molecule has 1 N–H and O–H groups in total. The minimum atomic E-state index is -0.0641. The van der Waals surface area contributed by atoms with E-state index in [1.165, 1.54) is 17.3 Å². The van der Waals surface area contributed by atoms with E-state index in [1.807, 2.05) is 47.9 Å². The van der Waals surface area contributed by atoms with Crippen LogP contribution in [0, 0.1) is 6.92 Å². The Labute approximate surface area is 162 Å². The average Bonchev–Trinajstić information content (AvgIpc) is 3.28. The molecule has 0 aliphatic carbocycles. The van der Waals surface area contributed by atoms with Crippen molar-refractivity contribution in [3.8, 4) is 5.75 Å². The second-order valence-electron chi connectivity index (χ2n) is 6.36. The maximum atomic E-state index is 12.3. The number of hydrogen-bond acceptors (Lipinski definition) is 5. The van der Waals surface area contributed by atoms with Crippen LogP contribution in [0.3, 0.4) is 0 Å². The summed E-state index contributed by atoms with van der Waals surface area (Å²) in [5.74, 6) is 1.96. The Kier molecular flexibility index (Phi) is 5.11. The zero-order valence-corrected chi connectivity index (χ0v) is 15.8. The van der Waals surface area contributed by atoms with Crippen LogP contribution in [0.15, 0.2) is 53.7 Å². The normalized spacial score (nSPS) is 12.5. The first-order chi connectivity index (χ1) is 13.2. The molecule has 4 rings (SSSR count). The summed E-state index contributed by atoms with van der Waals surface area (Å²) < 4.78 is 7.52. The summed E-state index contributed by atoms with van der Waals surface area (Å²) in [5.41, 5.74) is 3.11. The topological polar surface area (TPSA) is 69.0 Å². The predicted octanol–water partition coefficient (Wildman–Crippen LogP) is 3.30. The van der Waals surface area contributed by atoms with E-state index in [-0.39, 0.29) is 11.7 Å². The van der Waals surface area contributed by atoms with E-state index >= 15 is 0 Å². The number of hydrogen-bond donors (Lipinski definition) is 1. The number of benzene rings is 2. The molecule has 0 atom stereocenters. The van der Waals surface area contributed by atoms with Gasteiger partial charge in [-0.1, -0.05) is 42.1 Å². The van der Waals surface area contributed by atoms with Gasteiger partial charge in [-0.25, -0.2) is 0 Å². The number of rotatable bonds is 6. The fourth-order valence-corrected chi connectivity index (χ4v) is 3.79. The molecule has 0 spiro atoms. The lowest BCUT2D eigenvalue weighted by molar-refractivity contribution is -0.113. The van der Waals surface area contributed by atoms with Gasteiger partial charge in [-0.3, -0.25) is 4.79 Å². The molecule has 138 valence electrons. The summed E-state index contributed by atoms with van der Waals surface area (Å²) in [4.78, 5) is 12.3. The van der Waals surface area contributed by atoms with Gasteiger partial charge in [-0.2, -0.15) is 0 Å². The van der Waals surface area contributed by atoms with Crippen molar-refractivity contribution < 1.29 is 9.53 Å². The van der Waals surface area contributed by atoms with Gasteiger partial charge >= 0.3 is 0 Å². The Balaban J connectivity index is 1.38. The van der Waals surface area contributed by atoms with Gasteiger partial charge in [-0.05, 0) is 36.2 Å². The summed E-state index contributed by atoms with van der Waals surface area (Å²) in [7, 11) is 0. The van der Waals surface area contributed by atoms with Crippen molar-refractivity contribution in [3.05, 3.63) is 65.5 Å². The predicted molar refractivity (Wildman–Crippen MR) is 105 cm³/mol. The molecule has 27 heavy (non-hydrogen) atoms. The van der Waals surface area contributed by atoms with Gasteiger partial charge < -0.3 is 14.6 Å². The van der Waals surface area contributed by atoms with Crippen molar-refractivity contribution in [1.82, 2.24) is 14.8 Å². The molecule has 3 aromatic rings. The highest BCUT2D eigenvalue weighted by molar-refractivity contribution is 7.99. The molecule has 0 bridgehead atoms. The Bertz CT molecular complexity index is 956. The van der Waals surface area contributed by atoms with Crippen molar-refractivity contribution in [2.75, 3.05) is 17.7 Å². The highest BCUT2D eigenvalue weighted by Gasteiger charge is 2.15. The minimum Gasteiger partial charge on any atom is -0.493 e. The van der Waals surface area contributed by atoms with Crippen LogP contribution in [0.5, 0.6) is 5.75 Å². The van der Waals surface area contributed by atoms with E-state index in [9.17, 15) is 4.79 Å². The second-order valence-corrected chi connectivity index (χ2v) is 7.30. The number of nitrogens with zero attached hydrogens (tertiary/aromatic N) is 3. The molecular formula is C20H20N4O2S. The molecule has 1 aromatic heterocycles. The SMILES string of the molecule is Cc1nnc(SCC(=O)Nc2ccc3c(c2)CCO3)n1Cc1ccccc1.